The molecule has 29 heavy (non-hydrogen) atoms. The van der Waals surface area contributed by atoms with Crippen LogP contribution in [0.3, 0.4) is 0 Å². The van der Waals surface area contributed by atoms with Crippen molar-refractivity contribution >= 4 is 23.2 Å². The minimum Gasteiger partial charge on any atom is -0.437 e. The summed E-state index contributed by atoms with van der Waals surface area (Å²) in [7, 11) is 0. The van der Waals surface area contributed by atoms with E-state index < -0.39 is 5.82 Å². The monoisotopic (exact) mass is 391 g/mol. The molecule has 0 bridgehead atoms. The van der Waals surface area contributed by atoms with E-state index in [0.717, 1.165) is 5.56 Å². The molecule has 0 radical (unpaired) electrons. The summed E-state index contributed by atoms with van der Waals surface area (Å²) in [5.41, 5.74) is 1.76. The lowest BCUT2D eigenvalue weighted by molar-refractivity contribution is -0.122. The Hall–Kier alpha value is -3.74. The Morgan fingerprint density at radius 1 is 1.07 bits per heavy atom. The van der Waals surface area contributed by atoms with Crippen molar-refractivity contribution in [3.63, 3.8) is 0 Å². The molecule has 0 saturated carbocycles. The van der Waals surface area contributed by atoms with E-state index in [0.29, 0.717) is 29.5 Å². The normalized spacial score (nSPS) is 12.2. The van der Waals surface area contributed by atoms with Crippen molar-refractivity contribution < 1.29 is 18.7 Å². The zero-order valence-corrected chi connectivity index (χ0v) is 15.5. The number of rotatable bonds is 4. The summed E-state index contributed by atoms with van der Waals surface area (Å²) in [6.07, 6.45) is 1.57. The average Bonchev–Trinajstić information content (AvgIpc) is 2.89. The topological polar surface area (TPSA) is 71.5 Å². The Bertz CT molecular complexity index is 1070. The van der Waals surface area contributed by atoms with Gasteiger partial charge < -0.3 is 15.0 Å². The van der Waals surface area contributed by atoms with E-state index in [9.17, 15) is 14.0 Å². The smallest absolute Gasteiger partial charge is 0.243 e. The molecule has 1 N–H and O–H groups in total. The SMILES string of the molecule is O=C(CCC(=O)N1Cc2ccccc2Oc2ncccc21)Nc1cccc(F)c1. The molecule has 3 aromatic rings. The summed E-state index contributed by atoms with van der Waals surface area (Å²) >= 11 is 0. The van der Waals surface area contributed by atoms with Gasteiger partial charge in [-0.1, -0.05) is 24.3 Å². The van der Waals surface area contributed by atoms with Gasteiger partial charge in [0.2, 0.25) is 17.7 Å². The van der Waals surface area contributed by atoms with Gasteiger partial charge in [-0.15, -0.1) is 0 Å². The predicted octanol–water partition coefficient (Wildman–Crippen LogP) is 4.28. The van der Waals surface area contributed by atoms with Crippen molar-refractivity contribution in [2.24, 2.45) is 0 Å². The third-order valence-corrected chi connectivity index (χ3v) is 4.52. The lowest BCUT2D eigenvalue weighted by atomic mass is 10.1. The highest BCUT2D eigenvalue weighted by molar-refractivity contribution is 5.99. The Kier molecular flexibility index (Phi) is 5.20. The summed E-state index contributed by atoms with van der Waals surface area (Å²) in [6.45, 7) is 0.319. The molecule has 2 heterocycles. The maximum atomic E-state index is 13.2. The fourth-order valence-electron chi connectivity index (χ4n) is 3.13. The highest BCUT2D eigenvalue weighted by atomic mass is 19.1. The van der Waals surface area contributed by atoms with Gasteiger partial charge in [0.1, 0.15) is 17.3 Å². The lowest BCUT2D eigenvalue weighted by Gasteiger charge is -2.21. The number of para-hydroxylation sites is 1. The number of halogens is 1. The molecule has 1 aliphatic heterocycles. The molecule has 7 heteroatoms. The molecule has 0 saturated heterocycles. The predicted molar refractivity (Wildman–Crippen MR) is 106 cm³/mol. The van der Waals surface area contributed by atoms with Crippen LogP contribution in [0.5, 0.6) is 11.6 Å². The van der Waals surface area contributed by atoms with E-state index >= 15 is 0 Å². The molecule has 0 spiro atoms. The minimum atomic E-state index is -0.439. The van der Waals surface area contributed by atoms with Crippen LogP contribution < -0.4 is 15.0 Å². The van der Waals surface area contributed by atoms with Gasteiger partial charge in [-0.3, -0.25) is 9.59 Å². The summed E-state index contributed by atoms with van der Waals surface area (Å²) in [5.74, 6) is -0.0383. The largest absolute Gasteiger partial charge is 0.437 e. The zero-order valence-electron chi connectivity index (χ0n) is 15.5. The van der Waals surface area contributed by atoms with Crippen LogP contribution >= 0.6 is 0 Å². The van der Waals surface area contributed by atoms with Gasteiger partial charge in [0.05, 0.1) is 6.54 Å². The Morgan fingerprint density at radius 2 is 1.93 bits per heavy atom. The number of aromatic nitrogens is 1. The maximum Gasteiger partial charge on any atom is 0.243 e. The van der Waals surface area contributed by atoms with E-state index in [4.69, 9.17) is 4.74 Å². The number of fused-ring (bicyclic) bond motifs is 2. The second-order valence-electron chi connectivity index (χ2n) is 6.58. The summed E-state index contributed by atoms with van der Waals surface area (Å²) < 4.78 is 19.1. The number of benzene rings is 2. The average molecular weight is 391 g/mol. The van der Waals surface area contributed by atoms with Crippen LogP contribution in [0, 0.1) is 5.82 Å². The summed E-state index contributed by atoms with van der Waals surface area (Å²) in [6, 6.07) is 16.6. The second-order valence-corrected chi connectivity index (χ2v) is 6.58. The van der Waals surface area contributed by atoms with Crippen LogP contribution in [0.25, 0.3) is 0 Å². The highest BCUT2D eigenvalue weighted by Gasteiger charge is 2.26. The third-order valence-electron chi connectivity index (χ3n) is 4.52. The zero-order chi connectivity index (χ0) is 20.2. The highest BCUT2D eigenvalue weighted by Crippen LogP contribution is 2.37. The Labute approximate surface area is 166 Å². The molecule has 0 atom stereocenters. The van der Waals surface area contributed by atoms with Crippen molar-refractivity contribution in [3.8, 4) is 11.6 Å². The molecule has 2 amide bonds. The van der Waals surface area contributed by atoms with Crippen LogP contribution in [0.2, 0.25) is 0 Å². The van der Waals surface area contributed by atoms with Crippen molar-refractivity contribution in [1.29, 1.82) is 0 Å². The van der Waals surface area contributed by atoms with Crippen LogP contribution in [-0.4, -0.2) is 16.8 Å². The van der Waals surface area contributed by atoms with E-state index in [2.05, 4.69) is 10.3 Å². The molecule has 1 aromatic heterocycles. The maximum absolute atomic E-state index is 13.2. The number of nitrogens with one attached hydrogen (secondary N) is 1. The number of anilines is 2. The number of hydrogen-bond acceptors (Lipinski definition) is 4. The first-order valence-corrected chi connectivity index (χ1v) is 9.17. The van der Waals surface area contributed by atoms with Crippen molar-refractivity contribution in [1.82, 2.24) is 4.98 Å². The molecule has 6 nitrogen and oxygen atoms in total. The van der Waals surface area contributed by atoms with Gasteiger partial charge in [-0.2, -0.15) is 0 Å². The molecule has 0 fully saturated rings. The van der Waals surface area contributed by atoms with Crippen LogP contribution in [0.15, 0.2) is 66.9 Å². The molecular formula is C22H18FN3O3. The minimum absolute atomic E-state index is 0.00233. The number of ether oxygens (including phenoxy) is 1. The van der Waals surface area contributed by atoms with Gasteiger partial charge >= 0.3 is 0 Å². The van der Waals surface area contributed by atoms with Crippen molar-refractivity contribution in [3.05, 3.63) is 78.2 Å². The van der Waals surface area contributed by atoms with Gasteiger partial charge in [0, 0.05) is 30.3 Å². The number of nitrogens with zero attached hydrogens (tertiary/aromatic N) is 2. The summed E-state index contributed by atoms with van der Waals surface area (Å²) in [4.78, 5) is 30.9. The van der Waals surface area contributed by atoms with Gasteiger partial charge in [0.25, 0.3) is 0 Å². The number of pyridine rings is 1. The first kappa shape index (κ1) is 18.6. The van der Waals surface area contributed by atoms with Gasteiger partial charge in [0.15, 0.2) is 0 Å². The third kappa shape index (κ3) is 4.24. The molecular weight excluding hydrogens is 373 g/mol. The number of amides is 2. The van der Waals surface area contributed by atoms with E-state index in [-0.39, 0.29) is 24.7 Å². The lowest BCUT2D eigenvalue weighted by Crippen LogP contribution is -2.30. The fourth-order valence-corrected chi connectivity index (χ4v) is 3.13. The van der Waals surface area contributed by atoms with Crippen molar-refractivity contribution in [2.45, 2.75) is 19.4 Å². The van der Waals surface area contributed by atoms with Crippen LogP contribution in [0.4, 0.5) is 15.8 Å². The molecule has 4 rings (SSSR count). The Balaban J connectivity index is 1.48. The molecule has 2 aromatic carbocycles. The summed E-state index contributed by atoms with van der Waals surface area (Å²) in [5, 5.41) is 2.60. The number of hydrogen-bond donors (Lipinski definition) is 1. The van der Waals surface area contributed by atoms with Gasteiger partial charge in [-0.25, -0.2) is 9.37 Å². The first-order valence-electron chi connectivity index (χ1n) is 9.17. The standard InChI is InChI=1S/C22H18FN3O3/c23-16-6-3-7-17(13-16)25-20(27)10-11-21(28)26-14-15-5-1-2-9-19(15)29-22-18(26)8-4-12-24-22/h1-9,12-13H,10-11,14H2,(H,25,27). The van der Waals surface area contributed by atoms with Crippen LogP contribution in [0.1, 0.15) is 18.4 Å². The molecule has 0 aliphatic carbocycles. The Morgan fingerprint density at radius 3 is 2.79 bits per heavy atom. The molecule has 1 aliphatic rings. The quantitative estimate of drug-likeness (QED) is 0.721. The second kappa shape index (κ2) is 8.10. The van der Waals surface area contributed by atoms with E-state index in [1.54, 1.807) is 29.3 Å². The van der Waals surface area contributed by atoms with E-state index in [1.165, 1.54) is 18.2 Å². The number of carbonyl (C=O) groups excluding carboxylic acids is 2. The van der Waals surface area contributed by atoms with Gasteiger partial charge in [-0.05, 0) is 36.4 Å². The number of carbonyl (C=O) groups is 2. The molecule has 146 valence electrons. The first-order chi connectivity index (χ1) is 14.1. The van der Waals surface area contributed by atoms with Crippen LogP contribution in [-0.2, 0) is 16.1 Å². The fraction of sp³-hybridized carbons (Fsp3) is 0.136. The van der Waals surface area contributed by atoms with E-state index in [1.807, 2.05) is 24.3 Å². The molecule has 0 unspecified atom stereocenters. The van der Waals surface area contributed by atoms with Crippen molar-refractivity contribution in [2.75, 3.05) is 10.2 Å².